The third kappa shape index (κ3) is 3.00. The smallest absolute Gasteiger partial charge is 0.131 e. The topological polar surface area (TPSA) is 68.6 Å². The third-order valence-electron chi connectivity index (χ3n) is 4.88. The third-order valence-corrected chi connectivity index (χ3v) is 6.73. The molecule has 4 rings (SSSR count). The van der Waals surface area contributed by atoms with E-state index >= 15 is 0 Å². The molecule has 5 nitrogen and oxygen atoms in total. The van der Waals surface area contributed by atoms with Crippen LogP contribution in [0.3, 0.4) is 0 Å². The van der Waals surface area contributed by atoms with Gasteiger partial charge in [-0.3, -0.25) is 9.11 Å². The molecule has 0 atom stereocenters. The van der Waals surface area contributed by atoms with E-state index in [0.29, 0.717) is 23.7 Å². The van der Waals surface area contributed by atoms with Gasteiger partial charge in [-0.1, -0.05) is 29.8 Å². The zero-order valence-corrected chi connectivity index (χ0v) is 15.8. The van der Waals surface area contributed by atoms with E-state index in [1.165, 1.54) is 5.56 Å². The highest BCUT2D eigenvalue weighted by atomic mass is 32.3. The van der Waals surface area contributed by atoms with Crippen molar-refractivity contribution in [2.45, 2.75) is 18.4 Å². The van der Waals surface area contributed by atoms with Crippen molar-refractivity contribution >= 4 is 33.0 Å². The minimum Gasteiger partial charge on any atom is -0.387 e. The molecule has 26 heavy (non-hydrogen) atoms. The molecule has 3 N–H and O–H groups in total. The summed E-state index contributed by atoms with van der Waals surface area (Å²) in [5.41, 5.74) is 4.10. The van der Waals surface area contributed by atoms with Crippen LogP contribution in [0.4, 0.5) is 11.5 Å². The molecule has 0 saturated heterocycles. The molecule has 0 bridgehead atoms. The maximum atomic E-state index is 10.6. The zero-order valence-electron chi connectivity index (χ0n) is 14.9. The molecule has 0 spiro atoms. The Hall–Kier alpha value is -2.28. The molecular weight excluding hydrogens is 346 g/mol. The zero-order chi connectivity index (χ0) is 18.3. The van der Waals surface area contributed by atoms with Gasteiger partial charge in [0, 0.05) is 37.3 Å². The second-order valence-electron chi connectivity index (χ2n) is 6.70. The van der Waals surface area contributed by atoms with Crippen molar-refractivity contribution in [2.24, 2.45) is 0 Å². The maximum absolute atomic E-state index is 10.6. The first-order valence-electron chi connectivity index (χ1n) is 8.66. The fourth-order valence-corrected chi connectivity index (χ4v) is 5.02. The van der Waals surface area contributed by atoms with Crippen LogP contribution in [0.5, 0.6) is 0 Å². The summed E-state index contributed by atoms with van der Waals surface area (Å²) in [5.74, 6) is 1.16. The van der Waals surface area contributed by atoms with Crippen LogP contribution in [0, 0.1) is 6.92 Å². The van der Waals surface area contributed by atoms with Gasteiger partial charge in [0.15, 0.2) is 0 Å². The molecule has 1 aliphatic rings. The average molecular weight is 369 g/mol. The lowest BCUT2D eigenvalue weighted by Crippen LogP contribution is -2.26. The van der Waals surface area contributed by atoms with Crippen LogP contribution in [0.15, 0.2) is 53.4 Å². The second kappa shape index (κ2) is 6.46. The van der Waals surface area contributed by atoms with Crippen LogP contribution >= 0.6 is 10.6 Å². The first-order chi connectivity index (χ1) is 12.5. The summed E-state index contributed by atoms with van der Waals surface area (Å²) >= 11 is 0. The number of pyridine rings is 1. The number of hydrogen-bond donors (Lipinski definition) is 3. The summed E-state index contributed by atoms with van der Waals surface area (Å²) in [4.78, 5) is 7.63. The number of aromatic nitrogens is 1. The Kier molecular flexibility index (Phi) is 4.26. The van der Waals surface area contributed by atoms with E-state index in [1.807, 2.05) is 43.4 Å². The van der Waals surface area contributed by atoms with Crippen molar-refractivity contribution in [3.05, 3.63) is 59.7 Å². The summed E-state index contributed by atoms with van der Waals surface area (Å²) in [6, 6.07) is 15.9. The second-order valence-corrected chi connectivity index (χ2v) is 8.88. The van der Waals surface area contributed by atoms with E-state index in [1.54, 1.807) is 0 Å². The minimum atomic E-state index is -2.77. The van der Waals surface area contributed by atoms with Crippen molar-refractivity contribution < 1.29 is 9.11 Å². The van der Waals surface area contributed by atoms with Crippen molar-refractivity contribution in [3.8, 4) is 0 Å². The van der Waals surface area contributed by atoms with Gasteiger partial charge in [-0.25, -0.2) is 4.98 Å². The predicted molar refractivity (Wildman–Crippen MR) is 110 cm³/mol. The van der Waals surface area contributed by atoms with E-state index in [-0.39, 0.29) is 0 Å². The summed E-state index contributed by atoms with van der Waals surface area (Å²) in [5, 5.41) is 4.36. The van der Waals surface area contributed by atoms with Crippen LogP contribution in [0.25, 0.3) is 10.9 Å². The lowest BCUT2D eigenvalue weighted by atomic mass is 10.1. The van der Waals surface area contributed by atoms with Crippen molar-refractivity contribution in [3.63, 3.8) is 0 Å². The monoisotopic (exact) mass is 369 g/mol. The molecule has 0 amide bonds. The van der Waals surface area contributed by atoms with Gasteiger partial charge in [0.1, 0.15) is 5.82 Å². The number of fused-ring (bicyclic) bond motifs is 2. The van der Waals surface area contributed by atoms with Crippen LogP contribution in [0.2, 0.25) is 0 Å². The quantitative estimate of drug-likeness (QED) is 0.610. The van der Waals surface area contributed by atoms with Crippen LogP contribution in [-0.4, -0.2) is 33.4 Å². The fourth-order valence-electron chi connectivity index (χ4n) is 3.48. The average Bonchev–Trinajstić information content (AvgIpc) is 2.77. The first kappa shape index (κ1) is 17.1. The van der Waals surface area contributed by atoms with Gasteiger partial charge in [-0.2, -0.15) is 10.6 Å². The lowest BCUT2D eigenvalue weighted by Gasteiger charge is -2.32. The number of anilines is 2. The van der Waals surface area contributed by atoms with Gasteiger partial charge in [-0.15, -0.1) is 0 Å². The Morgan fingerprint density at radius 1 is 1.12 bits per heavy atom. The molecule has 2 heterocycles. The molecule has 0 unspecified atom stereocenters. The standard InChI is InChI=1S/C20H23N3O2S/c1-14-7-8-17-16(11-14)18(21-2)12-20(22-17)23-9-10-26(24,25)19-6-4-3-5-15(19)13-23/h3-8,11-12,24-25H,9-10,13H2,1-2H3,(H,21,22). The molecule has 0 radical (unpaired) electrons. The van der Waals surface area contributed by atoms with Gasteiger partial charge in [0.05, 0.1) is 16.2 Å². The number of rotatable bonds is 2. The normalized spacial score (nSPS) is 17.5. The van der Waals surface area contributed by atoms with E-state index in [2.05, 4.69) is 29.3 Å². The first-order valence-corrected chi connectivity index (χ1v) is 10.4. The molecule has 1 aliphatic heterocycles. The molecule has 0 saturated carbocycles. The Morgan fingerprint density at radius 2 is 1.92 bits per heavy atom. The number of nitrogens with one attached hydrogen (secondary N) is 1. The molecule has 0 aliphatic carbocycles. The number of benzene rings is 2. The Labute approximate surface area is 155 Å². The van der Waals surface area contributed by atoms with Gasteiger partial charge in [0.2, 0.25) is 0 Å². The summed E-state index contributed by atoms with van der Waals surface area (Å²) in [6.07, 6.45) is 0. The summed E-state index contributed by atoms with van der Waals surface area (Å²) < 4.78 is 21.1. The molecule has 0 fully saturated rings. The highest BCUT2D eigenvalue weighted by Crippen LogP contribution is 2.51. The molecule has 2 aromatic carbocycles. The SMILES string of the molecule is CNc1cc(N2CCS(O)(O)c3ccccc3C2)nc2ccc(C)cc12. The van der Waals surface area contributed by atoms with Gasteiger partial charge in [-0.05, 0) is 30.7 Å². The highest BCUT2D eigenvalue weighted by Gasteiger charge is 2.26. The van der Waals surface area contributed by atoms with Crippen molar-refractivity contribution in [1.82, 2.24) is 4.98 Å². The van der Waals surface area contributed by atoms with Crippen molar-refractivity contribution in [2.75, 3.05) is 29.6 Å². The number of aryl methyl sites for hydroxylation is 1. The van der Waals surface area contributed by atoms with E-state index in [4.69, 9.17) is 4.98 Å². The maximum Gasteiger partial charge on any atom is 0.131 e. The van der Waals surface area contributed by atoms with Gasteiger partial charge < -0.3 is 10.2 Å². The molecule has 1 aromatic heterocycles. The summed E-state index contributed by atoms with van der Waals surface area (Å²) in [7, 11) is -0.856. The molecular formula is C20H23N3O2S. The molecule has 3 aromatic rings. The molecule has 136 valence electrons. The summed E-state index contributed by atoms with van der Waals surface area (Å²) in [6.45, 7) is 3.23. The highest BCUT2D eigenvalue weighted by molar-refractivity contribution is 8.24. The largest absolute Gasteiger partial charge is 0.387 e. The fraction of sp³-hybridized carbons (Fsp3) is 0.250. The van der Waals surface area contributed by atoms with E-state index in [9.17, 15) is 9.11 Å². The van der Waals surface area contributed by atoms with Crippen LogP contribution in [0.1, 0.15) is 11.1 Å². The Balaban J connectivity index is 1.80. The molecule has 6 heteroatoms. The van der Waals surface area contributed by atoms with E-state index in [0.717, 1.165) is 28.0 Å². The van der Waals surface area contributed by atoms with Crippen LogP contribution < -0.4 is 10.2 Å². The van der Waals surface area contributed by atoms with Gasteiger partial charge in [0.25, 0.3) is 0 Å². The Morgan fingerprint density at radius 3 is 2.73 bits per heavy atom. The lowest BCUT2D eigenvalue weighted by molar-refractivity contribution is 0.488. The predicted octanol–water partition coefficient (Wildman–Crippen LogP) is 4.71. The van der Waals surface area contributed by atoms with Crippen molar-refractivity contribution in [1.29, 1.82) is 0 Å². The Bertz CT molecular complexity index is 974. The minimum absolute atomic E-state index is 0.312. The van der Waals surface area contributed by atoms with Gasteiger partial charge >= 0.3 is 0 Å². The number of hydrogen-bond acceptors (Lipinski definition) is 5. The van der Waals surface area contributed by atoms with Crippen LogP contribution in [-0.2, 0) is 6.54 Å². The number of nitrogens with zero attached hydrogens (tertiary/aromatic N) is 2. The van der Waals surface area contributed by atoms with E-state index < -0.39 is 10.6 Å².